The van der Waals surface area contributed by atoms with E-state index in [0.717, 1.165) is 0 Å². The normalized spacial score (nSPS) is 12.9. The van der Waals surface area contributed by atoms with Crippen molar-refractivity contribution >= 4 is 46.7 Å². The van der Waals surface area contributed by atoms with Gasteiger partial charge in [-0.15, -0.1) is 23.2 Å². The van der Waals surface area contributed by atoms with Gasteiger partial charge in [0.1, 0.15) is 4.84 Å². The predicted octanol–water partition coefficient (Wildman–Crippen LogP) is -1.61. The third-order valence-electron chi connectivity index (χ3n) is 0.365. The summed E-state index contributed by atoms with van der Waals surface area (Å²) in [6.45, 7) is 1.53. The van der Waals surface area contributed by atoms with Crippen LogP contribution in [0.3, 0.4) is 0 Å². The van der Waals surface area contributed by atoms with Gasteiger partial charge in [-0.05, 0) is 6.92 Å². The number of phosphoric acid groups is 3. The molecule has 0 saturated carbocycles. The van der Waals surface area contributed by atoms with Crippen LogP contribution in [0, 0.1) is 0 Å². The van der Waals surface area contributed by atoms with Crippen molar-refractivity contribution in [1.82, 2.24) is 0 Å². The zero-order valence-corrected chi connectivity index (χ0v) is 14.1. The van der Waals surface area contributed by atoms with Crippen molar-refractivity contribution in [2.24, 2.45) is 0 Å². The first-order valence-electron chi connectivity index (χ1n) is 3.95. The molecule has 0 heterocycles. The van der Waals surface area contributed by atoms with Gasteiger partial charge in [-0.1, -0.05) is 0 Å². The molecule has 0 amide bonds. The van der Waals surface area contributed by atoms with Gasteiger partial charge in [0.25, 0.3) is 0 Å². The van der Waals surface area contributed by atoms with Gasteiger partial charge < -0.3 is 49.1 Å². The van der Waals surface area contributed by atoms with E-state index in [-0.39, 0.29) is 0 Å². The van der Waals surface area contributed by atoms with Crippen LogP contribution in [0.2, 0.25) is 0 Å². The molecule has 13 nitrogen and oxygen atoms in total. The summed E-state index contributed by atoms with van der Waals surface area (Å²) in [4.78, 5) is 64.0. The molecule has 0 aromatic heterocycles. The highest BCUT2D eigenvalue weighted by Crippen LogP contribution is 2.26. The Kier molecular flexibility index (Phi) is 18.9. The van der Waals surface area contributed by atoms with Crippen molar-refractivity contribution in [2.45, 2.75) is 17.9 Å². The van der Waals surface area contributed by atoms with Gasteiger partial charge >= 0.3 is 23.5 Å². The van der Waals surface area contributed by atoms with Gasteiger partial charge in [-0.25, -0.2) is 13.7 Å². The van der Waals surface area contributed by atoms with E-state index in [1.807, 2.05) is 0 Å². The molecule has 0 bridgehead atoms. The second kappa shape index (κ2) is 13.3. The fourth-order valence-electron chi connectivity index (χ4n) is 0. The van der Waals surface area contributed by atoms with Crippen molar-refractivity contribution in [3.05, 3.63) is 0 Å². The van der Waals surface area contributed by atoms with Crippen molar-refractivity contribution in [2.75, 3.05) is 0 Å². The molecule has 0 rings (SSSR count). The number of aliphatic hydroxyl groups excluding tert-OH is 1. The van der Waals surface area contributed by atoms with Gasteiger partial charge in [0.15, 0.2) is 0 Å². The molecular weight excluding hydrogens is 408 g/mol. The smallest absolute Gasteiger partial charge is 0.391 e. The van der Waals surface area contributed by atoms with Crippen LogP contribution in [0.4, 0.5) is 0 Å². The number of aliphatic hydroxyl groups is 1. The molecule has 0 aliphatic heterocycles. The Bertz CT molecular complexity index is 287. The van der Waals surface area contributed by atoms with E-state index in [9.17, 15) is 0 Å². The second-order valence-corrected chi connectivity index (χ2v) is 6.86. The molecular formula is C3H15Cl2O13P3. The predicted molar refractivity (Wildman–Crippen MR) is 70.0 cm³/mol. The molecule has 0 spiro atoms. The second-order valence-electron chi connectivity index (χ2n) is 2.61. The topological polar surface area (TPSA) is 254 Å². The highest BCUT2D eigenvalue weighted by molar-refractivity contribution is 7.45. The van der Waals surface area contributed by atoms with Gasteiger partial charge in [0.2, 0.25) is 0 Å². The maximum atomic E-state index is 8.88. The number of hydrogen-bond donors (Lipinski definition) is 10. The lowest BCUT2D eigenvalue weighted by Gasteiger charge is -1.99. The van der Waals surface area contributed by atoms with Crippen molar-refractivity contribution in [1.29, 1.82) is 0 Å². The molecule has 10 N–H and O–H groups in total. The summed E-state index contributed by atoms with van der Waals surface area (Å²) < 4.78 is 26.6. The summed E-state index contributed by atoms with van der Waals surface area (Å²) in [6.07, 6.45) is -0.617. The van der Waals surface area contributed by atoms with Crippen LogP contribution in [0.25, 0.3) is 0 Å². The van der Waals surface area contributed by atoms with Crippen LogP contribution in [-0.2, 0) is 13.7 Å². The molecule has 0 aliphatic rings. The van der Waals surface area contributed by atoms with Crippen LogP contribution in [-0.4, -0.2) is 60.1 Å². The van der Waals surface area contributed by atoms with Crippen molar-refractivity contribution < 1.29 is 62.8 Å². The van der Waals surface area contributed by atoms with E-state index < -0.39 is 34.4 Å². The summed E-state index contributed by atoms with van der Waals surface area (Å²) >= 11 is 10.3. The van der Waals surface area contributed by atoms with Gasteiger partial charge in [0.05, 0.1) is 6.10 Å². The SMILES string of the molecule is CC(O)C(Cl)Cl.O=P(O)(O)O.O=P(O)(O)O.O=P(O)(O)O. The lowest BCUT2D eigenvalue weighted by molar-refractivity contribution is 0.209. The van der Waals surface area contributed by atoms with E-state index in [2.05, 4.69) is 0 Å². The number of halogens is 2. The fraction of sp³-hybridized carbons (Fsp3) is 1.00. The van der Waals surface area contributed by atoms with E-state index in [0.29, 0.717) is 0 Å². The van der Waals surface area contributed by atoms with E-state index in [4.69, 9.17) is 86.0 Å². The summed E-state index contributed by atoms with van der Waals surface area (Å²) in [7, 11) is -13.9. The average molecular weight is 423 g/mol. The van der Waals surface area contributed by atoms with Gasteiger partial charge in [-0.3, -0.25) is 0 Å². The zero-order chi connectivity index (χ0) is 18.7. The molecule has 0 aromatic rings. The maximum Gasteiger partial charge on any atom is 0.466 e. The summed E-state index contributed by atoms with van der Waals surface area (Å²) in [6, 6.07) is 0. The quantitative estimate of drug-likeness (QED) is 0.168. The molecule has 134 valence electrons. The monoisotopic (exact) mass is 422 g/mol. The van der Waals surface area contributed by atoms with Crippen LogP contribution in [0.5, 0.6) is 0 Å². The summed E-state index contributed by atoms with van der Waals surface area (Å²) in [5.41, 5.74) is 0. The summed E-state index contributed by atoms with van der Waals surface area (Å²) in [5, 5.41) is 8.37. The molecule has 0 aliphatic carbocycles. The Hall–Kier alpha value is 0.870. The first-order valence-corrected chi connectivity index (χ1v) is 9.52. The molecule has 0 aromatic carbocycles. The van der Waals surface area contributed by atoms with Gasteiger partial charge in [0, 0.05) is 0 Å². The van der Waals surface area contributed by atoms with Crippen molar-refractivity contribution in [3.8, 4) is 0 Å². The Morgan fingerprint density at radius 3 is 0.714 bits per heavy atom. The molecule has 21 heavy (non-hydrogen) atoms. The minimum absolute atomic E-state index is 0.617. The van der Waals surface area contributed by atoms with Crippen molar-refractivity contribution in [3.63, 3.8) is 0 Å². The third kappa shape index (κ3) is 313. The largest absolute Gasteiger partial charge is 0.466 e. The Labute approximate surface area is 128 Å². The maximum absolute atomic E-state index is 8.88. The van der Waals surface area contributed by atoms with Crippen LogP contribution >= 0.6 is 46.7 Å². The average Bonchev–Trinajstić information content (AvgIpc) is 1.92. The summed E-state index contributed by atoms with van der Waals surface area (Å²) in [5.74, 6) is 0. The van der Waals surface area contributed by atoms with Gasteiger partial charge in [-0.2, -0.15) is 0 Å². The highest BCUT2D eigenvalue weighted by Gasteiger charge is 2.03. The van der Waals surface area contributed by atoms with Crippen LogP contribution in [0.15, 0.2) is 0 Å². The number of rotatable bonds is 1. The minimum atomic E-state index is -4.64. The zero-order valence-electron chi connectivity index (χ0n) is 9.95. The molecule has 18 heteroatoms. The van der Waals surface area contributed by atoms with E-state index in [1.54, 1.807) is 0 Å². The van der Waals surface area contributed by atoms with Crippen LogP contribution in [0.1, 0.15) is 6.92 Å². The first-order chi connectivity index (χ1) is 8.64. The van der Waals surface area contributed by atoms with E-state index in [1.165, 1.54) is 6.92 Å². The number of alkyl halides is 2. The standard InChI is InChI=1S/C3H6Cl2O.3H3O4P/c1-2(6)3(4)5;3*1-5(2,3)4/h2-3,6H,1H3;3*(H3,1,2,3,4). The molecule has 0 radical (unpaired) electrons. The molecule has 1 unspecified atom stereocenters. The number of hydrogen-bond acceptors (Lipinski definition) is 4. The molecule has 1 atom stereocenters. The third-order valence-corrected chi connectivity index (χ3v) is 1.09. The lowest BCUT2D eigenvalue weighted by Crippen LogP contribution is -2.08. The fourth-order valence-corrected chi connectivity index (χ4v) is 0. The Balaban J connectivity index is -0.0000000921. The van der Waals surface area contributed by atoms with E-state index >= 15 is 0 Å². The highest BCUT2D eigenvalue weighted by atomic mass is 35.5. The minimum Gasteiger partial charge on any atom is -0.391 e. The van der Waals surface area contributed by atoms with Crippen LogP contribution < -0.4 is 0 Å². The Morgan fingerprint density at radius 1 is 0.667 bits per heavy atom. The molecule has 0 fully saturated rings. The molecule has 0 saturated heterocycles. The first kappa shape index (κ1) is 29.8. The Morgan fingerprint density at radius 2 is 0.714 bits per heavy atom. The lowest BCUT2D eigenvalue weighted by atomic mass is 10.5.